The third kappa shape index (κ3) is 4.64. The van der Waals surface area contributed by atoms with E-state index in [1.165, 1.54) is 11.1 Å². The minimum atomic E-state index is -0.319. The van der Waals surface area contributed by atoms with Crippen LogP contribution in [0.4, 0.5) is 0 Å². The summed E-state index contributed by atoms with van der Waals surface area (Å²) < 4.78 is 0. The predicted octanol–water partition coefficient (Wildman–Crippen LogP) is -1.02. The fraction of sp³-hybridized carbons (Fsp3) is 0.615. The van der Waals surface area contributed by atoms with Crippen molar-refractivity contribution in [3.05, 3.63) is 11.8 Å². The Labute approximate surface area is 119 Å². The second kappa shape index (κ2) is 8.30. The zero-order valence-electron chi connectivity index (χ0n) is 11.8. The van der Waals surface area contributed by atoms with Gasteiger partial charge in [-0.2, -0.15) is 5.26 Å². The highest BCUT2D eigenvalue weighted by Gasteiger charge is 2.22. The fourth-order valence-electron chi connectivity index (χ4n) is 1.90. The maximum atomic E-state index is 12.2. The van der Waals surface area contributed by atoms with Crippen LogP contribution in [0.5, 0.6) is 0 Å². The first-order valence-corrected chi connectivity index (χ1v) is 6.63. The fourth-order valence-corrected chi connectivity index (χ4v) is 1.90. The summed E-state index contributed by atoms with van der Waals surface area (Å²) in [5.41, 5.74) is 5.36. The molecule has 0 aromatic carbocycles. The summed E-state index contributed by atoms with van der Waals surface area (Å²) in [6, 6.07) is 1.88. The van der Waals surface area contributed by atoms with Crippen LogP contribution < -0.4 is 5.73 Å². The molecule has 0 atom stereocenters. The third-order valence-electron chi connectivity index (χ3n) is 3.19. The van der Waals surface area contributed by atoms with Crippen molar-refractivity contribution in [3.8, 4) is 6.07 Å². The Bertz CT molecular complexity index is 407. The number of nitrogens with zero attached hydrogens (tertiary/aromatic N) is 4. The molecule has 0 aromatic rings. The number of carbonyl (C=O) groups excluding carboxylic acids is 2. The van der Waals surface area contributed by atoms with Gasteiger partial charge in [0.05, 0.1) is 0 Å². The van der Waals surface area contributed by atoms with Gasteiger partial charge < -0.3 is 20.4 Å². The van der Waals surface area contributed by atoms with Crippen LogP contribution in [0.25, 0.3) is 0 Å². The van der Waals surface area contributed by atoms with Gasteiger partial charge in [-0.05, 0) is 20.0 Å². The Kier molecular flexibility index (Phi) is 6.70. The summed E-state index contributed by atoms with van der Waals surface area (Å²) in [4.78, 5) is 28.2. The molecule has 0 unspecified atom stereocenters. The van der Waals surface area contributed by atoms with Gasteiger partial charge in [-0.1, -0.05) is 0 Å². The van der Waals surface area contributed by atoms with Gasteiger partial charge in [-0.15, -0.1) is 0 Å². The average Bonchev–Trinajstić information content (AvgIpc) is 2.48. The second-order valence-corrected chi connectivity index (χ2v) is 4.74. The maximum absolute atomic E-state index is 12.2. The van der Waals surface area contributed by atoms with E-state index in [1.807, 2.05) is 13.1 Å². The molecule has 1 aliphatic rings. The number of carbonyl (C=O) groups is 2. The van der Waals surface area contributed by atoms with Crippen molar-refractivity contribution in [1.29, 1.82) is 5.26 Å². The van der Waals surface area contributed by atoms with Gasteiger partial charge >= 0.3 is 0 Å². The molecular formula is C13H21N5O2. The quantitative estimate of drug-likeness (QED) is 0.381. The van der Waals surface area contributed by atoms with E-state index in [2.05, 4.69) is 4.90 Å². The number of likely N-dealkylation sites (N-methyl/N-ethyl adjacent to an activating group) is 1. The van der Waals surface area contributed by atoms with Crippen molar-refractivity contribution >= 4 is 12.3 Å². The molecule has 0 aromatic heterocycles. The van der Waals surface area contributed by atoms with Gasteiger partial charge in [0.25, 0.3) is 5.91 Å². The van der Waals surface area contributed by atoms with E-state index in [0.29, 0.717) is 39.0 Å². The molecule has 0 saturated carbocycles. The first-order chi connectivity index (χ1) is 9.62. The van der Waals surface area contributed by atoms with Crippen molar-refractivity contribution in [3.63, 3.8) is 0 Å². The van der Waals surface area contributed by atoms with Crippen LogP contribution in [0.1, 0.15) is 6.42 Å². The molecule has 20 heavy (non-hydrogen) atoms. The Morgan fingerprint density at radius 3 is 2.55 bits per heavy atom. The normalized spacial score (nSPS) is 16.6. The van der Waals surface area contributed by atoms with E-state index in [9.17, 15) is 9.59 Å². The monoisotopic (exact) mass is 279 g/mol. The summed E-state index contributed by atoms with van der Waals surface area (Å²) >= 11 is 0. The van der Waals surface area contributed by atoms with E-state index >= 15 is 0 Å². The van der Waals surface area contributed by atoms with Crippen LogP contribution in [0.2, 0.25) is 0 Å². The number of nitriles is 1. The van der Waals surface area contributed by atoms with Crippen LogP contribution in [-0.2, 0) is 9.59 Å². The SMILES string of the molecule is CN1CCN(C(=O)/C(C#N)=C\N(C=O)CCCN)CC1. The minimum absolute atomic E-state index is 0.0151. The van der Waals surface area contributed by atoms with E-state index in [-0.39, 0.29) is 11.5 Å². The van der Waals surface area contributed by atoms with Crippen LogP contribution in [0.3, 0.4) is 0 Å². The smallest absolute Gasteiger partial charge is 0.266 e. The number of rotatable bonds is 6. The van der Waals surface area contributed by atoms with Crippen molar-refractivity contribution in [2.45, 2.75) is 6.42 Å². The Morgan fingerprint density at radius 2 is 2.05 bits per heavy atom. The molecule has 2 N–H and O–H groups in total. The number of hydrogen-bond donors (Lipinski definition) is 1. The Balaban J connectivity index is 2.70. The summed E-state index contributed by atoms with van der Waals surface area (Å²) in [6.45, 7) is 3.62. The lowest BCUT2D eigenvalue weighted by Gasteiger charge is -2.32. The molecular weight excluding hydrogens is 258 g/mol. The topological polar surface area (TPSA) is 93.7 Å². The van der Waals surface area contributed by atoms with E-state index in [1.54, 1.807) is 4.90 Å². The molecule has 1 heterocycles. The lowest BCUT2D eigenvalue weighted by atomic mass is 10.2. The summed E-state index contributed by atoms with van der Waals surface area (Å²) in [5, 5.41) is 9.11. The molecule has 1 fully saturated rings. The molecule has 2 amide bonds. The number of amides is 2. The Hall–Kier alpha value is -1.91. The van der Waals surface area contributed by atoms with Crippen LogP contribution in [0.15, 0.2) is 11.8 Å². The molecule has 1 saturated heterocycles. The van der Waals surface area contributed by atoms with Gasteiger partial charge in [-0.3, -0.25) is 9.59 Å². The predicted molar refractivity (Wildman–Crippen MR) is 74.2 cm³/mol. The zero-order chi connectivity index (χ0) is 15.0. The summed E-state index contributed by atoms with van der Waals surface area (Å²) in [5.74, 6) is -0.319. The summed E-state index contributed by atoms with van der Waals surface area (Å²) in [7, 11) is 1.99. The molecule has 7 nitrogen and oxygen atoms in total. The van der Waals surface area contributed by atoms with Crippen LogP contribution >= 0.6 is 0 Å². The highest BCUT2D eigenvalue weighted by molar-refractivity contribution is 5.97. The van der Waals surface area contributed by atoms with Gasteiger partial charge in [0.1, 0.15) is 11.6 Å². The standard InChI is InChI=1S/C13H21N5O2/c1-16-5-7-18(8-6-16)13(20)12(9-15)10-17(11-19)4-2-3-14/h10-11H,2-8,14H2,1H3/b12-10-. The molecule has 7 heteroatoms. The molecule has 0 spiro atoms. The first-order valence-electron chi connectivity index (χ1n) is 6.63. The third-order valence-corrected chi connectivity index (χ3v) is 3.19. The van der Waals surface area contributed by atoms with Crippen LogP contribution in [-0.4, -0.2) is 73.3 Å². The lowest BCUT2D eigenvalue weighted by Crippen LogP contribution is -2.47. The van der Waals surface area contributed by atoms with Crippen LogP contribution in [0, 0.1) is 11.3 Å². The summed E-state index contributed by atoms with van der Waals surface area (Å²) in [6.07, 6.45) is 2.53. The molecule has 0 aliphatic carbocycles. The number of piperazine rings is 1. The average molecular weight is 279 g/mol. The number of nitrogens with two attached hydrogens (primary N) is 1. The van der Waals surface area contributed by atoms with Gasteiger partial charge in [-0.25, -0.2) is 0 Å². The second-order valence-electron chi connectivity index (χ2n) is 4.74. The van der Waals surface area contributed by atoms with E-state index in [0.717, 1.165) is 13.1 Å². The lowest BCUT2D eigenvalue weighted by molar-refractivity contribution is -0.128. The van der Waals surface area contributed by atoms with Crippen molar-refractivity contribution in [1.82, 2.24) is 14.7 Å². The van der Waals surface area contributed by atoms with E-state index < -0.39 is 0 Å². The molecule has 1 aliphatic heterocycles. The molecule has 0 bridgehead atoms. The van der Waals surface area contributed by atoms with Crippen molar-refractivity contribution in [2.24, 2.45) is 5.73 Å². The van der Waals surface area contributed by atoms with Gasteiger partial charge in [0.2, 0.25) is 6.41 Å². The van der Waals surface area contributed by atoms with Crippen molar-refractivity contribution in [2.75, 3.05) is 46.3 Å². The van der Waals surface area contributed by atoms with Gasteiger partial charge in [0.15, 0.2) is 0 Å². The Morgan fingerprint density at radius 1 is 1.40 bits per heavy atom. The zero-order valence-corrected chi connectivity index (χ0v) is 11.8. The largest absolute Gasteiger partial charge is 0.335 e. The van der Waals surface area contributed by atoms with Crippen molar-refractivity contribution < 1.29 is 9.59 Å². The first kappa shape index (κ1) is 16.1. The molecule has 110 valence electrons. The van der Waals surface area contributed by atoms with Gasteiger partial charge in [0, 0.05) is 38.9 Å². The number of hydrogen-bond acceptors (Lipinski definition) is 5. The highest BCUT2D eigenvalue weighted by atomic mass is 16.2. The molecule has 1 rings (SSSR count). The highest BCUT2D eigenvalue weighted by Crippen LogP contribution is 2.07. The maximum Gasteiger partial charge on any atom is 0.266 e. The van der Waals surface area contributed by atoms with E-state index in [4.69, 9.17) is 11.0 Å². The minimum Gasteiger partial charge on any atom is -0.335 e. The molecule has 0 radical (unpaired) electrons.